The molecule has 4 nitrogen and oxygen atoms in total. The molecule has 2 rings (SSSR count). The van der Waals surface area contributed by atoms with Gasteiger partial charge in [0.1, 0.15) is 6.61 Å². The second-order valence-corrected chi connectivity index (χ2v) is 4.56. The van der Waals surface area contributed by atoms with E-state index in [0.717, 1.165) is 16.9 Å². The van der Waals surface area contributed by atoms with Crippen molar-refractivity contribution < 1.29 is 9.53 Å². The van der Waals surface area contributed by atoms with Gasteiger partial charge < -0.3 is 4.74 Å². The number of esters is 1. The Balaban J connectivity index is 1.94. The van der Waals surface area contributed by atoms with E-state index in [2.05, 4.69) is 16.8 Å². The summed E-state index contributed by atoms with van der Waals surface area (Å²) in [5.41, 5.74) is 2.83. The standard InChI is InChI=1S/C17H16N2O2/c1-13(2)17(20)21-12-14-8-10-16(11-9-14)19-18-15-6-4-3-5-7-15/h3-11H,1,12H2,2H3. The molecule has 0 saturated heterocycles. The number of carbonyl (C=O) groups is 1. The SMILES string of the molecule is C=C(C)C(=O)OCc1ccc(N=Nc2ccccc2)cc1. The van der Waals surface area contributed by atoms with Gasteiger partial charge in [-0.3, -0.25) is 0 Å². The average molecular weight is 280 g/mol. The summed E-state index contributed by atoms with van der Waals surface area (Å²) in [7, 11) is 0. The Hall–Kier alpha value is -2.75. The molecule has 0 amide bonds. The normalized spacial score (nSPS) is 10.5. The number of carbonyl (C=O) groups excluding carboxylic acids is 1. The van der Waals surface area contributed by atoms with Crippen LogP contribution in [0.15, 0.2) is 77.0 Å². The molecular weight excluding hydrogens is 264 g/mol. The largest absolute Gasteiger partial charge is 0.457 e. The minimum absolute atomic E-state index is 0.224. The average Bonchev–Trinajstić information content (AvgIpc) is 2.52. The van der Waals surface area contributed by atoms with E-state index in [1.54, 1.807) is 6.92 Å². The van der Waals surface area contributed by atoms with Crippen LogP contribution in [0, 0.1) is 0 Å². The lowest BCUT2D eigenvalue weighted by Crippen LogP contribution is -2.04. The zero-order chi connectivity index (χ0) is 15.1. The molecule has 0 aliphatic rings. The molecule has 0 atom stereocenters. The van der Waals surface area contributed by atoms with Crippen molar-refractivity contribution in [1.82, 2.24) is 0 Å². The number of hydrogen-bond donors (Lipinski definition) is 0. The van der Waals surface area contributed by atoms with E-state index in [0.29, 0.717) is 5.57 Å². The Morgan fingerprint density at radius 2 is 1.57 bits per heavy atom. The molecule has 0 spiro atoms. The predicted octanol–water partition coefficient (Wildman–Crippen LogP) is 4.72. The molecule has 21 heavy (non-hydrogen) atoms. The van der Waals surface area contributed by atoms with Crippen molar-refractivity contribution in [2.45, 2.75) is 13.5 Å². The van der Waals surface area contributed by atoms with Gasteiger partial charge in [-0.1, -0.05) is 36.9 Å². The maximum absolute atomic E-state index is 11.3. The zero-order valence-electron chi connectivity index (χ0n) is 11.8. The topological polar surface area (TPSA) is 51.0 Å². The number of azo groups is 1. The lowest BCUT2D eigenvalue weighted by molar-refractivity contribution is -0.140. The number of ether oxygens (including phenoxy) is 1. The van der Waals surface area contributed by atoms with E-state index >= 15 is 0 Å². The lowest BCUT2D eigenvalue weighted by Gasteiger charge is -2.04. The summed E-state index contributed by atoms with van der Waals surface area (Å²) in [5, 5.41) is 8.28. The van der Waals surface area contributed by atoms with E-state index in [4.69, 9.17) is 4.74 Å². The fourth-order valence-electron chi connectivity index (χ4n) is 1.54. The van der Waals surface area contributed by atoms with Crippen molar-refractivity contribution in [2.75, 3.05) is 0 Å². The molecule has 0 fully saturated rings. The molecule has 0 aliphatic heterocycles. The molecule has 2 aromatic rings. The third-order valence-corrected chi connectivity index (χ3v) is 2.69. The van der Waals surface area contributed by atoms with Crippen LogP contribution in [0.3, 0.4) is 0 Å². The molecule has 0 unspecified atom stereocenters. The van der Waals surface area contributed by atoms with Crippen LogP contribution in [0.2, 0.25) is 0 Å². The Morgan fingerprint density at radius 3 is 2.14 bits per heavy atom. The van der Waals surface area contributed by atoms with Crippen LogP contribution in [0.1, 0.15) is 12.5 Å². The number of benzene rings is 2. The maximum atomic E-state index is 11.3. The van der Waals surface area contributed by atoms with Crippen LogP contribution in [-0.2, 0) is 16.1 Å². The van der Waals surface area contributed by atoms with E-state index in [9.17, 15) is 4.79 Å². The van der Waals surface area contributed by atoms with Gasteiger partial charge in [0, 0.05) is 5.57 Å². The van der Waals surface area contributed by atoms with Crippen LogP contribution in [0.25, 0.3) is 0 Å². The molecule has 0 aliphatic carbocycles. The molecule has 0 aromatic heterocycles. The molecule has 2 aromatic carbocycles. The zero-order valence-corrected chi connectivity index (χ0v) is 11.8. The summed E-state index contributed by atoms with van der Waals surface area (Å²) in [5.74, 6) is -0.386. The van der Waals surface area contributed by atoms with Gasteiger partial charge in [0.25, 0.3) is 0 Å². The Labute approximate surface area is 123 Å². The van der Waals surface area contributed by atoms with Gasteiger partial charge >= 0.3 is 5.97 Å². The van der Waals surface area contributed by atoms with Crippen molar-refractivity contribution >= 4 is 17.3 Å². The first kappa shape index (κ1) is 14.7. The van der Waals surface area contributed by atoms with Crippen molar-refractivity contribution in [3.05, 3.63) is 72.3 Å². The van der Waals surface area contributed by atoms with Gasteiger partial charge in [-0.25, -0.2) is 4.79 Å². The third-order valence-electron chi connectivity index (χ3n) is 2.69. The smallest absolute Gasteiger partial charge is 0.333 e. The van der Waals surface area contributed by atoms with Gasteiger partial charge in [0.05, 0.1) is 11.4 Å². The molecule has 4 heteroatoms. The van der Waals surface area contributed by atoms with Gasteiger partial charge in [-0.05, 0) is 36.8 Å². The monoisotopic (exact) mass is 280 g/mol. The summed E-state index contributed by atoms with van der Waals surface area (Å²) < 4.78 is 5.07. The van der Waals surface area contributed by atoms with Crippen LogP contribution in [0.5, 0.6) is 0 Å². The first-order valence-electron chi connectivity index (χ1n) is 6.53. The number of nitrogens with zero attached hydrogens (tertiary/aromatic N) is 2. The van der Waals surface area contributed by atoms with E-state index in [1.807, 2.05) is 54.6 Å². The van der Waals surface area contributed by atoms with E-state index in [1.165, 1.54) is 0 Å². The van der Waals surface area contributed by atoms with Gasteiger partial charge in [-0.2, -0.15) is 10.2 Å². The van der Waals surface area contributed by atoms with Crippen molar-refractivity contribution in [3.8, 4) is 0 Å². The summed E-state index contributed by atoms with van der Waals surface area (Å²) >= 11 is 0. The molecular formula is C17H16N2O2. The van der Waals surface area contributed by atoms with Crippen molar-refractivity contribution in [1.29, 1.82) is 0 Å². The maximum Gasteiger partial charge on any atom is 0.333 e. The predicted molar refractivity (Wildman–Crippen MR) is 81.7 cm³/mol. The second-order valence-electron chi connectivity index (χ2n) is 4.56. The van der Waals surface area contributed by atoms with Crippen molar-refractivity contribution in [3.63, 3.8) is 0 Å². The highest BCUT2D eigenvalue weighted by Gasteiger charge is 2.03. The molecule has 0 bridgehead atoms. The fraction of sp³-hybridized carbons (Fsp3) is 0.118. The van der Waals surface area contributed by atoms with Gasteiger partial charge in [-0.15, -0.1) is 0 Å². The first-order chi connectivity index (χ1) is 10.1. The molecule has 0 saturated carbocycles. The minimum atomic E-state index is -0.386. The summed E-state index contributed by atoms with van der Waals surface area (Å²) in [6, 6.07) is 16.9. The number of rotatable bonds is 5. The molecule has 0 heterocycles. The molecule has 0 radical (unpaired) electrons. The van der Waals surface area contributed by atoms with E-state index in [-0.39, 0.29) is 12.6 Å². The van der Waals surface area contributed by atoms with Gasteiger partial charge in [0.2, 0.25) is 0 Å². The molecule has 0 N–H and O–H groups in total. The Kier molecular flexibility index (Phi) is 4.99. The highest BCUT2D eigenvalue weighted by atomic mass is 16.5. The summed E-state index contributed by atoms with van der Waals surface area (Å²) in [4.78, 5) is 11.3. The number of hydrogen-bond acceptors (Lipinski definition) is 4. The molecule has 106 valence electrons. The fourth-order valence-corrected chi connectivity index (χ4v) is 1.54. The van der Waals surface area contributed by atoms with Crippen LogP contribution in [0.4, 0.5) is 11.4 Å². The lowest BCUT2D eigenvalue weighted by atomic mass is 10.2. The van der Waals surface area contributed by atoms with Crippen LogP contribution in [-0.4, -0.2) is 5.97 Å². The Bertz CT molecular complexity index is 646. The van der Waals surface area contributed by atoms with Gasteiger partial charge in [0.15, 0.2) is 0 Å². The minimum Gasteiger partial charge on any atom is -0.457 e. The summed E-state index contributed by atoms with van der Waals surface area (Å²) in [6.45, 7) is 5.38. The third kappa shape index (κ3) is 4.69. The highest BCUT2D eigenvalue weighted by molar-refractivity contribution is 5.86. The quantitative estimate of drug-likeness (QED) is 0.452. The first-order valence-corrected chi connectivity index (χ1v) is 6.53. The van der Waals surface area contributed by atoms with E-state index < -0.39 is 0 Å². The van der Waals surface area contributed by atoms with Crippen LogP contribution >= 0.6 is 0 Å². The summed E-state index contributed by atoms with van der Waals surface area (Å²) in [6.07, 6.45) is 0. The van der Waals surface area contributed by atoms with Crippen molar-refractivity contribution in [2.24, 2.45) is 10.2 Å². The van der Waals surface area contributed by atoms with Crippen LogP contribution < -0.4 is 0 Å². The highest BCUT2D eigenvalue weighted by Crippen LogP contribution is 2.18. The second kappa shape index (κ2) is 7.14. The Morgan fingerprint density at radius 1 is 1.00 bits per heavy atom.